The molecule has 32 heavy (non-hydrogen) atoms. The normalized spacial score (nSPS) is 18.3. The number of fused-ring (bicyclic) bond motifs is 1. The van der Waals surface area contributed by atoms with Gasteiger partial charge >= 0.3 is 0 Å². The third-order valence-corrected chi connectivity index (χ3v) is 6.42. The second-order valence-electron chi connectivity index (χ2n) is 8.75. The van der Waals surface area contributed by atoms with Crippen LogP contribution in [0.4, 0.5) is 0 Å². The molecule has 1 heterocycles. The Hall–Kier alpha value is -3.06. The fourth-order valence-electron chi connectivity index (χ4n) is 4.11. The van der Waals surface area contributed by atoms with Gasteiger partial charge in [0.05, 0.1) is 6.61 Å². The lowest BCUT2D eigenvalue weighted by Gasteiger charge is -2.37. The zero-order valence-corrected chi connectivity index (χ0v) is 19.4. The van der Waals surface area contributed by atoms with Crippen LogP contribution in [0.2, 0.25) is 0 Å². The van der Waals surface area contributed by atoms with Crippen LogP contribution in [0, 0.1) is 20.8 Å². The number of ether oxygens (including phenoxy) is 1. The van der Waals surface area contributed by atoms with E-state index in [9.17, 15) is 19.8 Å². The number of nitrogens with zero attached hydrogens (tertiary/aromatic N) is 1. The van der Waals surface area contributed by atoms with Crippen molar-refractivity contribution in [3.63, 3.8) is 0 Å². The van der Waals surface area contributed by atoms with E-state index < -0.39 is 24.2 Å². The average molecular weight is 441 g/mol. The van der Waals surface area contributed by atoms with Gasteiger partial charge in [-0.25, -0.2) is 0 Å². The summed E-state index contributed by atoms with van der Waals surface area (Å²) in [7, 11) is 1.64. The maximum Gasteiger partial charge on any atom is 0.264 e. The minimum atomic E-state index is -1.20. The van der Waals surface area contributed by atoms with Gasteiger partial charge in [-0.1, -0.05) is 30.3 Å². The van der Waals surface area contributed by atoms with Crippen LogP contribution in [0.25, 0.3) is 0 Å². The molecule has 0 fully saturated rings. The highest BCUT2D eigenvalue weighted by Gasteiger charge is 2.42. The second kappa shape index (κ2) is 9.20. The Morgan fingerprint density at radius 1 is 1.16 bits per heavy atom. The van der Waals surface area contributed by atoms with E-state index in [0.29, 0.717) is 25.1 Å². The quantitative estimate of drug-likeness (QED) is 0.641. The Bertz CT molecular complexity index is 1020. The monoisotopic (exact) mass is 440 g/mol. The largest absolute Gasteiger partial charge is 0.507 e. The van der Waals surface area contributed by atoms with Gasteiger partial charge in [0.25, 0.3) is 5.91 Å². The lowest BCUT2D eigenvalue weighted by Crippen LogP contribution is -2.57. The van der Waals surface area contributed by atoms with Crippen molar-refractivity contribution in [1.29, 1.82) is 0 Å². The number of amides is 2. The summed E-state index contributed by atoms with van der Waals surface area (Å²) in [5.74, 6) is 0.0313. The van der Waals surface area contributed by atoms with E-state index in [1.807, 2.05) is 51.1 Å². The molecule has 7 heteroatoms. The molecule has 2 aromatic rings. The minimum absolute atomic E-state index is 0.255. The molecule has 2 unspecified atom stereocenters. The fraction of sp³-hybridized carbons (Fsp3) is 0.440. The maximum atomic E-state index is 13.2. The zero-order valence-electron chi connectivity index (χ0n) is 19.4. The molecule has 1 aliphatic heterocycles. The molecule has 0 radical (unpaired) electrons. The van der Waals surface area contributed by atoms with Gasteiger partial charge in [-0.2, -0.15) is 0 Å². The number of carbonyl (C=O) groups is 2. The third kappa shape index (κ3) is 4.43. The molecule has 0 saturated carbocycles. The number of rotatable bonds is 6. The van der Waals surface area contributed by atoms with Crippen molar-refractivity contribution in [1.82, 2.24) is 10.2 Å². The predicted molar refractivity (Wildman–Crippen MR) is 122 cm³/mol. The summed E-state index contributed by atoms with van der Waals surface area (Å²) in [6.07, 6.45) is 0.951. The van der Waals surface area contributed by atoms with Crippen molar-refractivity contribution in [3.8, 4) is 11.5 Å². The van der Waals surface area contributed by atoms with Crippen molar-refractivity contribution in [2.45, 2.75) is 58.7 Å². The van der Waals surface area contributed by atoms with Crippen LogP contribution in [0.5, 0.6) is 11.5 Å². The number of nitrogens with one attached hydrogen (secondary N) is 1. The van der Waals surface area contributed by atoms with Crippen LogP contribution in [0.15, 0.2) is 30.3 Å². The fourth-order valence-corrected chi connectivity index (χ4v) is 4.11. The van der Waals surface area contributed by atoms with Crippen molar-refractivity contribution in [2.75, 3.05) is 13.7 Å². The molecule has 7 nitrogen and oxygen atoms in total. The Morgan fingerprint density at radius 3 is 2.44 bits per heavy atom. The van der Waals surface area contributed by atoms with Gasteiger partial charge in [-0.05, 0) is 56.4 Å². The second-order valence-corrected chi connectivity index (χ2v) is 8.75. The molecule has 3 N–H and O–H groups in total. The van der Waals surface area contributed by atoms with Crippen molar-refractivity contribution in [2.24, 2.45) is 0 Å². The molecule has 1 aliphatic rings. The van der Waals surface area contributed by atoms with Crippen LogP contribution in [0.1, 0.15) is 41.2 Å². The van der Waals surface area contributed by atoms with Crippen LogP contribution in [0.3, 0.4) is 0 Å². The molecule has 2 aromatic carbocycles. The molecule has 0 bridgehead atoms. The molecule has 2 atom stereocenters. The van der Waals surface area contributed by atoms with Gasteiger partial charge < -0.3 is 25.2 Å². The number of phenols is 1. The number of hydrogen-bond acceptors (Lipinski definition) is 5. The highest BCUT2D eigenvalue weighted by atomic mass is 16.5. The number of aliphatic hydroxyl groups is 1. The van der Waals surface area contributed by atoms with Crippen molar-refractivity contribution >= 4 is 11.8 Å². The van der Waals surface area contributed by atoms with E-state index >= 15 is 0 Å². The van der Waals surface area contributed by atoms with Gasteiger partial charge in [-0.3, -0.25) is 9.59 Å². The first kappa shape index (κ1) is 23.6. The van der Waals surface area contributed by atoms with Gasteiger partial charge in [0.2, 0.25) is 5.91 Å². The van der Waals surface area contributed by atoms with E-state index in [1.54, 1.807) is 14.0 Å². The number of aromatic hydroxyl groups is 1. The number of benzene rings is 2. The average Bonchev–Trinajstić information content (AvgIpc) is 2.79. The standard InChI is InChI=1S/C25H32N2O5/c1-15-16(2)22-19(17(3)21(15)29)11-12-25(4,32-22)24(31)26-20(14-28)23(30)27(5)13-18-9-7-6-8-10-18/h6-10,20,28-29H,11-14H2,1-5H3,(H,26,31). The molecular formula is C25H32N2O5. The van der Waals surface area contributed by atoms with Gasteiger partial charge in [0.1, 0.15) is 17.5 Å². The Morgan fingerprint density at radius 2 is 1.81 bits per heavy atom. The predicted octanol–water partition coefficient (Wildman–Crippen LogP) is 2.54. The summed E-state index contributed by atoms with van der Waals surface area (Å²) < 4.78 is 6.18. The summed E-state index contributed by atoms with van der Waals surface area (Å²) in [5, 5.41) is 22.8. The van der Waals surface area contributed by atoms with Crippen molar-refractivity contribution in [3.05, 3.63) is 58.1 Å². The first-order valence-electron chi connectivity index (χ1n) is 10.8. The molecular weight excluding hydrogens is 408 g/mol. The lowest BCUT2D eigenvalue weighted by molar-refractivity contribution is -0.143. The smallest absolute Gasteiger partial charge is 0.264 e. The first-order valence-corrected chi connectivity index (χ1v) is 10.8. The summed E-state index contributed by atoms with van der Waals surface area (Å²) in [6, 6.07) is 8.44. The summed E-state index contributed by atoms with van der Waals surface area (Å²) in [5.41, 5.74) is 2.93. The van der Waals surface area contributed by atoms with Crippen LogP contribution in [-0.4, -0.2) is 52.2 Å². The Kier molecular flexibility index (Phi) is 6.79. The molecule has 0 aromatic heterocycles. The number of carbonyl (C=O) groups excluding carboxylic acids is 2. The zero-order chi connectivity index (χ0) is 23.6. The van der Waals surface area contributed by atoms with Gasteiger partial charge in [0.15, 0.2) is 5.60 Å². The lowest BCUT2D eigenvalue weighted by atomic mass is 9.86. The molecule has 0 spiro atoms. The summed E-state index contributed by atoms with van der Waals surface area (Å²) in [6.45, 7) is 7.06. The van der Waals surface area contributed by atoms with Crippen molar-refractivity contribution < 1.29 is 24.5 Å². The Labute approximate surface area is 189 Å². The topological polar surface area (TPSA) is 99.1 Å². The Balaban J connectivity index is 1.75. The van der Waals surface area contributed by atoms with Gasteiger partial charge in [0, 0.05) is 25.6 Å². The van der Waals surface area contributed by atoms with Gasteiger partial charge in [-0.15, -0.1) is 0 Å². The molecule has 0 saturated heterocycles. The maximum absolute atomic E-state index is 13.2. The van der Waals surface area contributed by atoms with E-state index in [-0.39, 0.29) is 11.7 Å². The molecule has 3 rings (SSSR count). The van der Waals surface area contributed by atoms with Crippen LogP contribution >= 0.6 is 0 Å². The number of likely N-dealkylation sites (N-methyl/N-ethyl adjacent to an activating group) is 1. The van der Waals surface area contributed by atoms with E-state index in [4.69, 9.17) is 4.74 Å². The van der Waals surface area contributed by atoms with E-state index in [1.165, 1.54) is 4.90 Å². The molecule has 172 valence electrons. The first-order chi connectivity index (χ1) is 15.1. The SMILES string of the molecule is Cc1c(C)c2c(c(C)c1O)CCC(C)(C(=O)NC(CO)C(=O)N(C)Cc1ccccc1)O2. The van der Waals surface area contributed by atoms with E-state index in [0.717, 1.165) is 27.8 Å². The number of hydrogen-bond donors (Lipinski definition) is 3. The number of phenolic OH excluding ortho intramolecular Hbond substituents is 1. The van der Waals surface area contributed by atoms with Crippen LogP contribution < -0.4 is 10.1 Å². The van der Waals surface area contributed by atoms with E-state index in [2.05, 4.69) is 5.32 Å². The highest BCUT2D eigenvalue weighted by molar-refractivity contribution is 5.91. The highest BCUT2D eigenvalue weighted by Crippen LogP contribution is 2.43. The molecule has 0 aliphatic carbocycles. The summed E-state index contributed by atoms with van der Waals surface area (Å²) in [4.78, 5) is 27.5. The minimum Gasteiger partial charge on any atom is -0.507 e. The third-order valence-electron chi connectivity index (χ3n) is 6.42. The molecule has 2 amide bonds. The number of aliphatic hydroxyl groups excluding tert-OH is 1. The van der Waals surface area contributed by atoms with Crippen LogP contribution in [-0.2, 0) is 22.6 Å². The summed E-state index contributed by atoms with van der Waals surface area (Å²) >= 11 is 0.